The molecular weight excluding hydrogens is 190 g/mol. The zero-order valence-electron chi connectivity index (χ0n) is 10.1. The first-order chi connectivity index (χ1) is 6.75. The summed E-state index contributed by atoms with van der Waals surface area (Å²) in [5, 5.41) is 8.86. The maximum atomic E-state index is 10.8. The van der Waals surface area contributed by atoms with E-state index in [1.165, 1.54) is 0 Å². The molecule has 1 aliphatic carbocycles. The van der Waals surface area contributed by atoms with Gasteiger partial charge in [-0.25, -0.2) is 0 Å². The van der Waals surface area contributed by atoms with Crippen LogP contribution in [0.5, 0.6) is 0 Å². The molecule has 3 nitrogen and oxygen atoms in total. The number of nitrogens with zero attached hydrogens (tertiary/aromatic N) is 1. The van der Waals surface area contributed by atoms with Crippen LogP contribution in [0.2, 0.25) is 0 Å². The van der Waals surface area contributed by atoms with Gasteiger partial charge in [-0.05, 0) is 31.1 Å². The van der Waals surface area contributed by atoms with E-state index >= 15 is 0 Å². The standard InChI is InChI=1S/C12H21NO2/c1-11(2,5-10(14)15)13-6-8-9(7-13)12(8,3)4/h8-9H,5-7H2,1-4H3,(H,14,15). The highest BCUT2D eigenvalue weighted by Gasteiger charge is 2.63. The number of piperidine rings is 1. The van der Waals surface area contributed by atoms with Gasteiger partial charge in [0.2, 0.25) is 0 Å². The van der Waals surface area contributed by atoms with Crippen LogP contribution in [0, 0.1) is 17.3 Å². The van der Waals surface area contributed by atoms with Crippen molar-refractivity contribution in [3.63, 3.8) is 0 Å². The van der Waals surface area contributed by atoms with Crippen LogP contribution >= 0.6 is 0 Å². The maximum absolute atomic E-state index is 10.8. The number of fused-ring (bicyclic) bond motifs is 1. The van der Waals surface area contributed by atoms with Gasteiger partial charge < -0.3 is 5.11 Å². The van der Waals surface area contributed by atoms with E-state index in [4.69, 9.17) is 5.11 Å². The fourth-order valence-electron chi connectivity index (χ4n) is 3.11. The minimum atomic E-state index is -0.695. The molecule has 0 bridgehead atoms. The van der Waals surface area contributed by atoms with Crippen molar-refractivity contribution in [1.82, 2.24) is 4.90 Å². The Morgan fingerprint density at radius 2 is 1.87 bits per heavy atom. The molecule has 0 radical (unpaired) electrons. The molecule has 0 aromatic carbocycles. The predicted molar refractivity (Wildman–Crippen MR) is 58.7 cm³/mol. The number of hydrogen-bond acceptors (Lipinski definition) is 2. The van der Waals surface area contributed by atoms with E-state index in [1.807, 2.05) is 13.8 Å². The number of hydrogen-bond donors (Lipinski definition) is 1. The Bertz CT molecular complexity index is 282. The SMILES string of the molecule is CC1(C)C2CN(C(C)(C)CC(=O)O)CC21. The van der Waals surface area contributed by atoms with Gasteiger partial charge in [-0.3, -0.25) is 9.69 Å². The highest BCUT2D eigenvalue weighted by atomic mass is 16.4. The molecule has 2 fully saturated rings. The lowest BCUT2D eigenvalue weighted by atomic mass is 9.96. The van der Waals surface area contributed by atoms with Crippen molar-refractivity contribution in [2.75, 3.05) is 13.1 Å². The Hall–Kier alpha value is -0.570. The Kier molecular flexibility index (Phi) is 2.16. The summed E-state index contributed by atoms with van der Waals surface area (Å²) in [7, 11) is 0. The molecule has 2 rings (SSSR count). The summed E-state index contributed by atoms with van der Waals surface area (Å²) >= 11 is 0. The number of rotatable bonds is 3. The molecule has 2 unspecified atom stereocenters. The lowest BCUT2D eigenvalue weighted by Crippen LogP contribution is -2.46. The van der Waals surface area contributed by atoms with Crippen molar-refractivity contribution in [2.45, 2.75) is 39.7 Å². The molecule has 0 aromatic rings. The lowest BCUT2D eigenvalue weighted by Gasteiger charge is -2.36. The average Bonchev–Trinajstić information content (AvgIpc) is 2.46. The van der Waals surface area contributed by atoms with Crippen LogP contribution in [0.1, 0.15) is 34.1 Å². The maximum Gasteiger partial charge on any atom is 0.305 e. The fraction of sp³-hybridized carbons (Fsp3) is 0.917. The number of aliphatic carboxylic acids is 1. The van der Waals surface area contributed by atoms with Crippen molar-refractivity contribution in [1.29, 1.82) is 0 Å². The monoisotopic (exact) mass is 211 g/mol. The molecule has 1 N–H and O–H groups in total. The Labute approximate surface area is 91.5 Å². The highest BCUT2D eigenvalue weighted by Crippen LogP contribution is 2.62. The van der Waals surface area contributed by atoms with E-state index in [9.17, 15) is 4.79 Å². The molecule has 1 saturated carbocycles. The minimum absolute atomic E-state index is 0.185. The van der Waals surface area contributed by atoms with Crippen molar-refractivity contribution >= 4 is 5.97 Å². The summed E-state index contributed by atoms with van der Waals surface area (Å²) in [6, 6.07) is 0. The molecule has 0 amide bonds. The first-order valence-corrected chi connectivity index (χ1v) is 5.72. The summed E-state index contributed by atoms with van der Waals surface area (Å²) in [6.45, 7) is 10.9. The second kappa shape index (κ2) is 2.97. The van der Waals surface area contributed by atoms with Gasteiger partial charge in [-0.2, -0.15) is 0 Å². The number of carboxylic acids is 1. The van der Waals surface area contributed by atoms with Gasteiger partial charge in [0.25, 0.3) is 0 Å². The third-order valence-corrected chi connectivity index (χ3v) is 4.56. The van der Waals surface area contributed by atoms with Crippen molar-refractivity contribution in [2.24, 2.45) is 17.3 Å². The van der Waals surface area contributed by atoms with Crippen LogP contribution in [0.4, 0.5) is 0 Å². The molecule has 15 heavy (non-hydrogen) atoms. The molecule has 86 valence electrons. The van der Waals surface area contributed by atoms with Crippen LogP contribution in [-0.4, -0.2) is 34.6 Å². The van der Waals surface area contributed by atoms with Crippen LogP contribution < -0.4 is 0 Å². The van der Waals surface area contributed by atoms with E-state index in [2.05, 4.69) is 18.7 Å². The summed E-state index contributed by atoms with van der Waals surface area (Å²) in [5.41, 5.74) is 0.325. The third-order valence-electron chi connectivity index (χ3n) is 4.56. The normalized spacial score (nSPS) is 33.9. The van der Waals surface area contributed by atoms with Gasteiger partial charge in [-0.15, -0.1) is 0 Å². The molecule has 0 aromatic heterocycles. The minimum Gasteiger partial charge on any atom is -0.481 e. The largest absolute Gasteiger partial charge is 0.481 e. The number of carboxylic acid groups (broad SMARTS) is 1. The first-order valence-electron chi connectivity index (χ1n) is 5.72. The molecule has 2 aliphatic rings. The van der Waals surface area contributed by atoms with Gasteiger partial charge in [0, 0.05) is 18.6 Å². The molecule has 3 heteroatoms. The Morgan fingerprint density at radius 3 is 2.27 bits per heavy atom. The van der Waals surface area contributed by atoms with E-state index in [0.717, 1.165) is 24.9 Å². The molecule has 1 saturated heterocycles. The molecular formula is C12H21NO2. The van der Waals surface area contributed by atoms with E-state index in [1.54, 1.807) is 0 Å². The summed E-state index contributed by atoms with van der Waals surface area (Å²) in [5.74, 6) is 0.899. The predicted octanol–water partition coefficient (Wildman–Crippen LogP) is 1.83. The molecule has 1 aliphatic heterocycles. The highest BCUT2D eigenvalue weighted by molar-refractivity contribution is 5.68. The van der Waals surface area contributed by atoms with Crippen LogP contribution in [0.3, 0.4) is 0 Å². The Balaban J connectivity index is 1.96. The van der Waals surface area contributed by atoms with Gasteiger partial charge in [0.15, 0.2) is 0 Å². The summed E-state index contributed by atoms with van der Waals surface area (Å²) in [4.78, 5) is 13.1. The smallest absolute Gasteiger partial charge is 0.305 e. The van der Waals surface area contributed by atoms with Crippen LogP contribution in [0.25, 0.3) is 0 Å². The third kappa shape index (κ3) is 1.67. The van der Waals surface area contributed by atoms with Gasteiger partial charge in [0.1, 0.15) is 0 Å². The summed E-state index contributed by atoms with van der Waals surface area (Å²) < 4.78 is 0. The molecule has 2 atom stereocenters. The van der Waals surface area contributed by atoms with E-state index in [0.29, 0.717) is 5.41 Å². The first kappa shape index (κ1) is 10.9. The zero-order valence-corrected chi connectivity index (χ0v) is 10.1. The summed E-state index contributed by atoms with van der Waals surface area (Å²) in [6.07, 6.45) is 0.243. The number of likely N-dealkylation sites (tertiary alicyclic amines) is 1. The lowest BCUT2D eigenvalue weighted by molar-refractivity contribution is -0.139. The zero-order chi connectivity index (χ0) is 11.4. The average molecular weight is 211 g/mol. The second-order valence-electron chi connectivity index (χ2n) is 6.32. The van der Waals surface area contributed by atoms with Gasteiger partial charge in [0.05, 0.1) is 6.42 Å². The van der Waals surface area contributed by atoms with Crippen LogP contribution in [-0.2, 0) is 4.79 Å². The van der Waals surface area contributed by atoms with E-state index in [-0.39, 0.29) is 12.0 Å². The second-order valence-corrected chi connectivity index (χ2v) is 6.32. The van der Waals surface area contributed by atoms with Gasteiger partial charge in [-0.1, -0.05) is 13.8 Å². The quantitative estimate of drug-likeness (QED) is 0.774. The van der Waals surface area contributed by atoms with E-state index < -0.39 is 5.97 Å². The fourth-order valence-corrected chi connectivity index (χ4v) is 3.11. The molecule has 1 heterocycles. The van der Waals surface area contributed by atoms with Crippen LogP contribution in [0.15, 0.2) is 0 Å². The van der Waals surface area contributed by atoms with Gasteiger partial charge >= 0.3 is 5.97 Å². The molecule has 0 spiro atoms. The van der Waals surface area contributed by atoms with Crippen molar-refractivity contribution < 1.29 is 9.90 Å². The van der Waals surface area contributed by atoms with Crippen molar-refractivity contribution in [3.8, 4) is 0 Å². The number of carbonyl (C=O) groups is 1. The topological polar surface area (TPSA) is 40.5 Å². The van der Waals surface area contributed by atoms with Crippen molar-refractivity contribution in [3.05, 3.63) is 0 Å². The Morgan fingerprint density at radius 1 is 1.40 bits per heavy atom.